The molecule has 0 bridgehead atoms. The first-order valence-corrected chi connectivity index (χ1v) is 16.0. The Morgan fingerprint density at radius 1 is 0.351 bits per heavy atom. The minimum Gasteiger partial charge on any atom is -0.428 e. The van der Waals surface area contributed by atoms with Crippen molar-refractivity contribution >= 4 is 39.1 Å². The van der Waals surface area contributed by atoms with Crippen molar-refractivity contribution in [3.05, 3.63) is 0 Å². The van der Waals surface area contributed by atoms with Gasteiger partial charge in [0.15, 0.2) is 23.7 Å². The van der Waals surface area contributed by atoms with Crippen molar-refractivity contribution in [2.75, 3.05) is 52.9 Å². The average Bonchev–Trinajstić information content (AvgIpc) is 2.89. The molecule has 0 rings (SSSR count). The van der Waals surface area contributed by atoms with Gasteiger partial charge in [0.1, 0.15) is 0 Å². The third kappa shape index (κ3) is 41.9. The predicted octanol–water partition coefficient (Wildman–Crippen LogP) is -0.184. The summed E-state index contributed by atoms with van der Waals surface area (Å²) in [6.07, 6.45) is 0. The molecule has 0 aliphatic carbocycles. The molecule has 0 heterocycles. The van der Waals surface area contributed by atoms with Crippen molar-refractivity contribution < 1.29 is 83.3 Å². The second-order valence-corrected chi connectivity index (χ2v) is 8.41. The van der Waals surface area contributed by atoms with Crippen molar-refractivity contribution in [2.24, 2.45) is 0 Å². The molecule has 0 amide bonds. The molecule has 0 aliphatic rings. The van der Waals surface area contributed by atoms with Gasteiger partial charge in [-0.05, 0) is 55.4 Å². The smallest absolute Gasteiger partial charge is 0.295 e. The summed E-state index contributed by atoms with van der Waals surface area (Å²) in [6, 6.07) is 0. The molecule has 0 aromatic carbocycles. The van der Waals surface area contributed by atoms with Crippen molar-refractivity contribution in [1.82, 2.24) is 0 Å². The Balaban J connectivity index is -0.000000122. The molecule has 0 spiro atoms. The summed E-state index contributed by atoms with van der Waals surface area (Å²) in [7, 11) is -1.13. The molecule has 0 unspecified atom stereocenters. The minimum absolute atomic E-state index is 0. The van der Waals surface area contributed by atoms with Crippen molar-refractivity contribution in [2.45, 2.75) is 79.0 Å². The van der Waals surface area contributed by atoms with Gasteiger partial charge in [-0.1, -0.05) is 0 Å². The SMILES string of the molecule is CCOC(OCC)[Si]O.CCOC(OCC)[Si]O.CCOC(OCC)[Si]O.CCOC(OCC)[Si]O.[Zr]. The molecular weight excluding hydrogens is 636 g/mol. The summed E-state index contributed by atoms with van der Waals surface area (Å²) in [4.78, 5) is 34.3. The van der Waals surface area contributed by atoms with E-state index in [2.05, 4.69) is 0 Å². The zero-order valence-corrected chi connectivity index (χ0v) is 30.0. The Hall–Kier alpha value is 1.27. The molecule has 0 fully saturated rings. The minimum atomic E-state index is -0.403. The van der Waals surface area contributed by atoms with E-state index in [-0.39, 0.29) is 65.3 Å². The van der Waals surface area contributed by atoms with Crippen LogP contribution in [0.4, 0.5) is 0 Å². The van der Waals surface area contributed by atoms with Crippen LogP contribution in [0.1, 0.15) is 55.4 Å². The molecule has 220 valence electrons. The molecule has 4 N–H and O–H groups in total. The molecule has 17 heteroatoms. The van der Waals surface area contributed by atoms with Crippen LogP contribution in [0.15, 0.2) is 0 Å². The van der Waals surface area contributed by atoms with Gasteiger partial charge in [-0.2, -0.15) is 0 Å². The van der Waals surface area contributed by atoms with Gasteiger partial charge in [0.2, 0.25) is 0 Å². The van der Waals surface area contributed by atoms with E-state index >= 15 is 0 Å². The summed E-state index contributed by atoms with van der Waals surface area (Å²) in [5.74, 6) is -1.61. The van der Waals surface area contributed by atoms with E-state index in [1.54, 1.807) is 0 Å². The molecule has 0 aliphatic heterocycles. The number of ether oxygens (including phenoxy) is 8. The Bertz CT molecular complexity index is 287. The van der Waals surface area contributed by atoms with Crippen LogP contribution in [0.2, 0.25) is 0 Å². The first kappa shape index (κ1) is 48.0. The van der Waals surface area contributed by atoms with E-state index in [1.165, 1.54) is 0 Å². The molecule has 37 heavy (non-hydrogen) atoms. The Labute approximate surface area is 253 Å². The van der Waals surface area contributed by atoms with Crippen LogP contribution < -0.4 is 0 Å². The van der Waals surface area contributed by atoms with Crippen LogP contribution in [0.5, 0.6) is 0 Å². The van der Waals surface area contributed by atoms with E-state index in [4.69, 9.17) is 57.1 Å². The van der Waals surface area contributed by atoms with E-state index < -0.39 is 23.7 Å². The summed E-state index contributed by atoms with van der Waals surface area (Å²) >= 11 is 0. The maximum absolute atomic E-state index is 8.57. The first-order chi connectivity index (χ1) is 17.4. The largest absolute Gasteiger partial charge is 0.428 e. The molecule has 0 aromatic rings. The fourth-order valence-electron chi connectivity index (χ4n) is 1.70. The number of hydrogen-bond acceptors (Lipinski definition) is 12. The zero-order chi connectivity index (χ0) is 28.5. The van der Waals surface area contributed by atoms with Crippen LogP contribution >= 0.6 is 0 Å². The van der Waals surface area contributed by atoms with Gasteiger partial charge in [0, 0.05) is 79.1 Å². The third-order valence-corrected chi connectivity index (χ3v) is 5.14. The standard InChI is InChI=1S/4C5H12O3Si.Zr/c4*1-3-7-5(9-6)8-4-2;/h4*5-6H,3-4H2,1-2H3;. The molecule has 0 saturated carbocycles. The first-order valence-electron chi connectivity index (χ1n) is 11.9. The summed E-state index contributed by atoms with van der Waals surface area (Å²) < 4.78 is 39.8. The van der Waals surface area contributed by atoms with Crippen molar-refractivity contribution in [1.29, 1.82) is 0 Å². The molecule has 0 aromatic heterocycles. The maximum atomic E-state index is 8.57. The van der Waals surface area contributed by atoms with Gasteiger partial charge >= 0.3 is 0 Å². The van der Waals surface area contributed by atoms with Crippen molar-refractivity contribution in [3.8, 4) is 0 Å². The van der Waals surface area contributed by atoms with Crippen LogP contribution in [0, 0.1) is 0 Å². The monoisotopic (exact) mass is 682 g/mol. The zero-order valence-electron chi connectivity index (χ0n) is 23.5. The predicted molar refractivity (Wildman–Crippen MR) is 140 cm³/mol. The van der Waals surface area contributed by atoms with Crippen LogP contribution in [-0.2, 0) is 64.1 Å². The van der Waals surface area contributed by atoms with Gasteiger partial charge in [0.25, 0.3) is 39.1 Å². The second-order valence-electron chi connectivity index (χ2n) is 5.49. The fraction of sp³-hybridized carbons (Fsp3) is 1.00. The van der Waals surface area contributed by atoms with Crippen LogP contribution in [0.3, 0.4) is 0 Å². The van der Waals surface area contributed by atoms with E-state index in [1.807, 2.05) is 55.4 Å². The van der Waals surface area contributed by atoms with Gasteiger partial charge < -0.3 is 57.1 Å². The molecule has 8 radical (unpaired) electrons. The Kier molecular flexibility index (Phi) is 57.5. The summed E-state index contributed by atoms with van der Waals surface area (Å²) in [5, 5.41) is 0. The molecule has 0 saturated heterocycles. The van der Waals surface area contributed by atoms with E-state index in [0.717, 1.165) is 0 Å². The fourth-order valence-corrected chi connectivity index (χ4v) is 3.63. The topological polar surface area (TPSA) is 155 Å². The second kappa shape index (κ2) is 44.3. The van der Waals surface area contributed by atoms with Crippen molar-refractivity contribution in [3.63, 3.8) is 0 Å². The van der Waals surface area contributed by atoms with Gasteiger partial charge in [-0.15, -0.1) is 0 Å². The molecule has 12 nitrogen and oxygen atoms in total. The average molecular weight is 684 g/mol. The summed E-state index contributed by atoms with van der Waals surface area (Å²) in [5.41, 5.74) is 0. The Morgan fingerprint density at radius 2 is 0.459 bits per heavy atom. The quantitative estimate of drug-likeness (QED) is 0.0994. The Morgan fingerprint density at radius 3 is 0.514 bits per heavy atom. The van der Waals surface area contributed by atoms with Crippen LogP contribution in [0.25, 0.3) is 0 Å². The molecular formula is C20H48O12Si4Zr. The van der Waals surface area contributed by atoms with E-state index in [0.29, 0.717) is 52.9 Å². The maximum Gasteiger partial charge on any atom is 0.295 e. The van der Waals surface area contributed by atoms with Gasteiger partial charge in [-0.3, -0.25) is 0 Å². The van der Waals surface area contributed by atoms with Gasteiger partial charge in [-0.25, -0.2) is 0 Å². The van der Waals surface area contributed by atoms with Crippen LogP contribution in [-0.4, -0.2) is 135 Å². The summed E-state index contributed by atoms with van der Waals surface area (Å²) in [6.45, 7) is 19.6. The van der Waals surface area contributed by atoms with Gasteiger partial charge in [0.05, 0.1) is 0 Å². The number of hydrogen-bond donors (Lipinski definition) is 4. The number of rotatable bonds is 20. The molecule has 0 atom stereocenters. The van der Waals surface area contributed by atoms with E-state index in [9.17, 15) is 0 Å². The third-order valence-electron chi connectivity index (χ3n) is 2.97. The normalized spacial score (nSPS) is 10.4.